The highest BCUT2D eigenvalue weighted by atomic mass is 16.4. The summed E-state index contributed by atoms with van der Waals surface area (Å²) in [7, 11) is 0. The average Bonchev–Trinajstić information content (AvgIpc) is 2.34. The molecule has 4 heteroatoms. The van der Waals surface area contributed by atoms with Gasteiger partial charge in [-0.25, -0.2) is 0 Å². The molecule has 1 unspecified atom stereocenters. The Kier molecular flexibility index (Phi) is 5.55. The molecule has 1 atom stereocenters. The topological polar surface area (TPSA) is 66.4 Å². The Labute approximate surface area is 113 Å². The molecule has 104 valence electrons. The first-order valence-electron chi connectivity index (χ1n) is 6.48. The molecule has 1 aromatic carbocycles. The summed E-state index contributed by atoms with van der Waals surface area (Å²) in [5.74, 6) is -1.07. The van der Waals surface area contributed by atoms with E-state index in [0.717, 1.165) is 12.0 Å². The van der Waals surface area contributed by atoms with Crippen LogP contribution in [0.5, 0.6) is 0 Å². The molecule has 0 saturated carbocycles. The summed E-state index contributed by atoms with van der Waals surface area (Å²) < 4.78 is 0. The molecule has 0 aliphatic heterocycles. The van der Waals surface area contributed by atoms with Crippen LogP contribution in [0.1, 0.15) is 37.8 Å². The van der Waals surface area contributed by atoms with Crippen LogP contribution in [0.3, 0.4) is 0 Å². The van der Waals surface area contributed by atoms with E-state index < -0.39 is 5.97 Å². The van der Waals surface area contributed by atoms with Crippen LogP contribution in [-0.2, 0) is 16.0 Å². The van der Waals surface area contributed by atoms with E-state index in [1.807, 2.05) is 24.3 Å². The van der Waals surface area contributed by atoms with Crippen molar-refractivity contribution in [1.82, 2.24) is 5.32 Å². The van der Waals surface area contributed by atoms with Crippen molar-refractivity contribution in [3.05, 3.63) is 35.4 Å². The van der Waals surface area contributed by atoms with Gasteiger partial charge in [0.15, 0.2) is 0 Å². The van der Waals surface area contributed by atoms with E-state index in [4.69, 9.17) is 5.11 Å². The number of aliphatic carboxylic acids is 1. The molecule has 1 amide bonds. The number of hydrogen-bond donors (Lipinski definition) is 2. The fourth-order valence-electron chi connectivity index (χ4n) is 1.93. The quantitative estimate of drug-likeness (QED) is 0.826. The lowest BCUT2D eigenvalue weighted by molar-refractivity contribution is -0.138. The normalized spacial score (nSPS) is 12.2. The van der Waals surface area contributed by atoms with Gasteiger partial charge in [-0.1, -0.05) is 38.1 Å². The highest BCUT2D eigenvalue weighted by Gasteiger charge is 2.16. The molecule has 1 rings (SSSR count). The Morgan fingerprint density at radius 1 is 1.26 bits per heavy atom. The predicted molar refractivity (Wildman–Crippen MR) is 74.0 cm³/mol. The van der Waals surface area contributed by atoms with Crippen molar-refractivity contribution in [3.63, 3.8) is 0 Å². The maximum absolute atomic E-state index is 11.8. The second-order valence-corrected chi connectivity index (χ2v) is 5.18. The molecule has 2 N–H and O–H groups in total. The Morgan fingerprint density at radius 2 is 1.95 bits per heavy atom. The number of rotatable bonds is 6. The van der Waals surface area contributed by atoms with Crippen molar-refractivity contribution in [2.45, 2.75) is 33.1 Å². The monoisotopic (exact) mass is 263 g/mol. The zero-order chi connectivity index (χ0) is 14.4. The van der Waals surface area contributed by atoms with Gasteiger partial charge in [0.2, 0.25) is 5.91 Å². The minimum atomic E-state index is -1.03. The first kappa shape index (κ1) is 15.2. The standard InChI is InChI=1S/C15H21NO3/c1-10(2)7-12-5-4-6-13(8-12)11(3)15(19)16-9-14(17)18/h4-6,8,10-11H,7,9H2,1-3H3,(H,16,19)(H,17,18). The second kappa shape index (κ2) is 6.92. The van der Waals surface area contributed by atoms with Gasteiger partial charge in [0.25, 0.3) is 0 Å². The number of carbonyl (C=O) groups excluding carboxylic acids is 1. The molecule has 0 heterocycles. The van der Waals surface area contributed by atoms with Gasteiger partial charge in [-0.15, -0.1) is 0 Å². The Morgan fingerprint density at radius 3 is 2.53 bits per heavy atom. The van der Waals surface area contributed by atoms with Crippen LogP contribution in [0, 0.1) is 5.92 Å². The van der Waals surface area contributed by atoms with E-state index in [-0.39, 0.29) is 18.4 Å². The third-order valence-corrected chi connectivity index (χ3v) is 2.90. The first-order valence-corrected chi connectivity index (χ1v) is 6.48. The third-order valence-electron chi connectivity index (χ3n) is 2.90. The number of amides is 1. The van der Waals surface area contributed by atoms with E-state index >= 15 is 0 Å². The maximum atomic E-state index is 11.8. The molecule has 0 saturated heterocycles. The van der Waals surface area contributed by atoms with Gasteiger partial charge in [0.05, 0.1) is 5.92 Å². The number of carbonyl (C=O) groups is 2. The predicted octanol–water partition coefficient (Wildman–Crippen LogP) is 2.19. The van der Waals surface area contributed by atoms with Crippen molar-refractivity contribution < 1.29 is 14.7 Å². The van der Waals surface area contributed by atoms with Crippen molar-refractivity contribution in [2.75, 3.05) is 6.54 Å². The first-order chi connectivity index (χ1) is 8.90. The number of hydrogen-bond acceptors (Lipinski definition) is 2. The van der Waals surface area contributed by atoms with Gasteiger partial charge in [-0.05, 0) is 30.4 Å². The van der Waals surface area contributed by atoms with Crippen molar-refractivity contribution in [1.29, 1.82) is 0 Å². The highest BCUT2D eigenvalue weighted by Crippen LogP contribution is 2.18. The lowest BCUT2D eigenvalue weighted by Gasteiger charge is -2.13. The number of benzene rings is 1. The van der Waals surface area contributed by atoms with Crippen LogP contribution in [0.2, 0.25) is 0 Å². The van der Waals surface area contributed by atoms with Crippen molar-refractivity contribution in [2.24, 2.45) is 5.92 Å². The summed E-state index contributed by atoms with van der Waals surface area (Å²) in [5, 5.41) is 10.9. The van der Waals surface area contributed by atoms with E-state index in [0.29, 0.717) is 5.92 Å². The molecule has 0 spiro atoms. The van der Waals surface area contributed by atoms with Gasteiger partial charge in [-0.2, -0.15) is 0 Å². The van der Waals surface area contributed by atoms with Crippen LogP contribution in [-0.4, -0.2) is 23.5 Å². The molecule has 0 fully saturated rings. The van der Waals surface area contributed by atoms with Gasteiger partial charge in [-0.3, -0.25) is 9.59 Å². The third kappa shape index (κ3) is 5.12. The largest absolute Gasteiger partial charge is 0.480 e. The SMILES string of the molecule is CC(C)Cc1cccc(C(C)C(=O)NCC(=O)O)c1. The fourth-order valence-corrected chi connectivity index (χ4v) is 1.93. The lowest BCUT2D eigenvalue weighted by Crippen LogP contribution is -2.32. The van der Waals surface area contributed by atoms with Crippen LogP contribution in [0.15, 0.2) is 24.3 Å². The summed E-state index contributed by atoms with van der Waals surface area (Å²) in [6, 6.07) is 7.90. The molecule has 0 aromatic heterocycles. The van der Waals surface area contributed by atoms with Gasteiger partial charge in [0, 0.05) is 0 Å². The lowest BCUT2D eigenvalue weighted by atomic mass is 9.95. The Balaban J connectivity index is 2.73. The summed E-state index contributed by atoms with van der Waals surface area (Å²) in [5.41, 5.74) is 2.12. The summed E-state index contributed by atoms with van der Waals surface area (Å²) >= 11 is 0. The molecule has 0 radical (unpaired) electrons. The number of carboxylic acid groups (broad SMARTS) is 1. The number of nitrogens with one attached hydrogen (secondary N) is 1. The Hall–Kier alpha value is -1.84. The average molecular weight is 263 g/mol. The fraction of sp³-hybridized carbons (Fsp3) is 0.467. The highest BCUT2D eigenvalue weighted by molar-refractivity contribution is 5.86. The van der Waals surface area contributed by atoms with Gasteiger partial charge in [0.1, 0.15) is 6.54 Å². The van der Waals surface area contributed by atoms with E-state index in [9.17, 15) is 9.59 Å². The van der Waals surface area contributed by atoms with Crippen LogP contribution < -0.4 is 5.32 Å². The minimum absolute atomic E-state index is 0.260. The van der Waals surface area contributed by atoms with Crippen LogP contribution in [0.4, 0.5) is 0 Å². The summed E-state index contributed by atoms with van der Waals surface area (Å²) in [4.78, 5) is 22.2. The summed E-state index contributed by atoms with van der Waals surface area (Å²) in [6.45, 7) is 5.74. The van der Waals surface area contributed by atoms with Crippen molar-refractivity contribution in [3.8, 4) is 0 Å². The molecular weight excluding hydrogens is 242 g/mol. The van der Waals surface area contributed by atoms with E-state index in [1.54, 1.807) is 6.92 Å². The number of carboxylic acids is 1. The molecule has 0 aliphatic rings. The smallest absolute Gasteiger partial charge is 0.322 e. The molecular formula is C15H21NO3. The Bertz CT molecular complexity index is 454. The minimum Gasteiger partial charge on any atom is -0.480 e. The van der Waals surface area contributed by atoms with Crippen molar-refractivity contribution >= 4 is 11.9 Å². The van der Waals surface area contributed by atoms with E-state index in [1.165, 1.54) is 5.56 Å². The van der Waals surface area contributed by atoms with Crippen LogP contribution >= 0.6 is 0 Å². The molecule has 19 heavy (non-hydrogen) atoms. The zero-order valence-electron chi connectivity index (χ0n) is 11.6. The van der Waals surface area contributed by atoms with E-state index in [2.05, 4.69) is 19.2 Å². The van der Waals surface area contributed by atoms with Gasteiger partial charge >= 0.3 is 5.97 Å². The molecule has 4 nitrogen and oxygen atoms in total. The second-order valence-electron chi connectivity index (χ2n) is 5.18. The molecule has 0 bridgehead atoms. The zero-order valence-corrected chi connectivity index (χ0v) is 11.6. The molecule has 0 aliphatic carbocycles. The molecule has 1 aromatic rings. The van der Waals surface area contributed by atoms with Gasteiger partial charge < -0.3 is 10.4 Å². The van der Waals surface area contributed by atoms with Crippen LogP contribution in [0.25, 0.3) is 0 Å². The summed E-state index contributed by atoms with van der Waals surface area (Å²) in [6.07, 6.45) is 0.970. The maximum Gasteiger partial charge on any atom is 0.322 e.